The lowest BCUT2D eigenvalue weighted by Gasteiger charge is -2.28. The Morgan fingerprint density at radius 2 is 2.22 bits per heavy atom. The van der Waals surface area contributed by atoms with Crippen molar-refractivity contribution in [2.75, 3.05) is 20.2 Å². The van der Waals surface area contributed by atoms with Gasteiger partial charge in [-0.2, -0.15) is 0 Å². The van der Waals surface area contributed by atoms with E-state index < -0.39 is 0 Å². The first kappa shape index (κ1) is 13.4. The molecule has 18 heavy (non-hydrogen) atoms. The zero-order chi connectivity index (χ0) is 13.1. The third kappa shape index (κ3) is 2.85. The zero-order valence-electron chi connectivity index (χ0n) is 11.6. The highest BCUT2D eigenvalue weighted by Crippen LogP contribution is 2.33. The molecule has 2 N–H and O–H groups in total. The summed E-state index contributed by atoms with van der Waals surface area (Å²) in [5.74, 6) is 1.58. The smallest absolute Gasteiger partial charge is 0.119 e. The molecule has 2 rings (SSSR count). The number of nitrogens with two attached hydrogens (primary N) is 1. The first-order valence-electron chi connectivity index (χ1n) is 6.75. The van der Waals surface area contributed by atoms with Crippen molar-refractivity contribution in [3.8, 4) is 5.75 Å². The minimum atomic E-state index is 0.232. The lowest BCUT2D eigenvalue weighted by molar-refractivity contribution is 0.221. The Labute approximate surface area is 110 Å². The van der Waals surface area contributed by atoms with E-state index in [1.807, 2.05) is 12.1 Å². The van der Waals surface area contributed by atoms with Gasteiger partial charge < -0.3 is 10.5 Å². The topological polar surface area (TPSA) is 38.5 Å². The third-order valence-electron chi connectivity index (χ3n) is 3.58. The largest absolute Gasteiger partial charge is 0.497 e. The molecule has 2 unspecified atom stereocenters. The van der Waals surface area contributed by atoms with Gasteiger partial charge in [0.2, 0.25) is 0 Å². The van der Waals surface area contributed by atoms with E-state index in [0.29, 0.717) is 12.0 Å². The Bertz CT molecular complexity index is 392. The normalized spacial score (nSPS) is 24.7. The molecule has 1 fully saturated rings. The molecule has 3 nitrogen and oxygen atoms in total. The van der Waals surface area contributed by atoms with Crippen LogP contribution in [0.5, 0.6) is 5.75 Å². The van der Waals surface area contributed by atoms with Crippen molar-refractivity contribution in [2.45, 2.75) is 32.4 Å². The van der Waals surface area contributed by atoms with Gasteiger partial charge >= 0.3 is 0 Å². The number of rotatable bonds is 4. The molecule has 3 heteroatoms. The van der Waals surface area contributed by atoms with Gasteiger partial charge in [-0.1, -0.05) is 26.0 Å². The summed E-state index contributed by atoms with van der Waals surface area (Å²) in [5.41, 5.74) is 7.56. The number of benzene rings is 1. The summed E-state index contributed by atoms with van der Waals surface area (Å²) in [4.78, 5) is 2.50. The van der Waals surface area contributed by atoms with Gasteiger partial charge in [0.25, 0.3) is 0 Å². The lowest BCUT2D eigenvalue weighted by Crippen LogP contribution is -2.33. The van der Waals surface area contributed by atoms with Gasteiger partial charge in [-0.3, -0.25) is 4.90 Å². The summed E-state index contributed by atoms with van der Waals surface area (Å²) >= 11 is 0. The minimum absolute atomic E-state index is 0.232. The number of hydrogen-bond donors (Lipinski definition) is 1. The van der Waals surface area contributed by atoms with E-state index in [1.165, 1.54) is 5.56 Å². The SMILES string of the molecule is COc1cccc(C2C(N)CCN2CC(C)C)c1. The standard InChI is InChI=1S/C15H24N2O/c1-11(2)10-17-8-7-14(16)15(17)12-5-4-6-13(9-12)18-3/h4-6,9,11,14-15H,7-8,10,16H2,1-3H3. The van der Waals surface area contributed by atoms with Crippen molar-refractivity contribution in [3.63, 3.8) is 0 Å². The molecule has 2 atom stereocenters. The van der Waals surface area contributed by atoms with Crippen LogP contribution in [0.25, 0.3) is 0 Å². The van der Waals surface area contributed by atoms with Crippen LogP contribution in [0.2, 0.25) is 0 Å². The maximum atomic E-state index is 6.29. The van der Waals surface area contributed by atoms with Crippen molar-refractivity contribution in [2.24, 2.45) is 11.7 Å². The van der Waals surface area contributed by atoms with Crippen LogP contribution in [0.3, 0.4) is 0 Å². The van der Waals surface area contributed by atoms with Crippen molar-refractivity contribution in [1.29, 1.82) is 0 Å². The molecule has 0 amide bonds. The second kappa shape index (κ2) is 5.72. The minimum Gasteiger partial charge on any atom is -0.497 e. The van der Waals surface area contributed by atoms with Crippen LogP contribution >= 0.6 is 0 Å². The molecule has 0 saturated carbocycles. The summed E-state index contributed by atoms with van der Waals surface area (Å²) < 4.78 is 5.31. The monoisotopic (exact) mass is 248 g/mol. The maximum absolute atomic E-state index is 6.29. The fourth-order valence-corrected chi connectivity index (χ4v) is 2.84. The first-order valence-corrected chi connectivity index (χ1v) is 6.75. The second-order valence-electron chi connectivity index (χ2n) is 5.56. The average Bonchev–Trinajstić information content (AvgIpc) is 2.70. The zero-order valence-corrected chi connectivity index (χ0v) is 11.6. The molecule has 1 aromatic carbocycles. The van der Waals surface area contributed by atoms with Crippen LogP contribution in [0.4, 0.5) is 0 Å². The fraction of sp³-hybridized carbons (Fsp3) is 0.600. The maximum Gasteiger partial charge on any atom is 0.119 e. The van der Waals surface area contributed by atoms with Crippen LogP contribution < -0.4 is 10.5 Å². The molecular weight excluding hydrogens is 224 g/mol. The van der Waals surface area contributed by atoms with Gasteiger partial charge in [0, 0.05) is 19.1 Å². The van der Waals surface area contributed by atoms with Crippen molar-refractivity contribution >= 4 is 0 Å². The fourth-order valence-electron chi connectivity index (χ4n) is 2.84. The average molecular weight is 248 g/mol. The molecule has 0 aromatic heterocycles. The Morgan fingerprint density at radius 3 is 2.89 bits per heavy atom. The summed E-state index contributed by atoms with van der Waals surface area (Å²) in [7, 11) is 1.71. The summed E-state index contributed by atoms with van der Waals surface area (Å²) in [5, 5.41) is 0. The van der Waals surface area contributed by atoms with E-state index in [1.54, 1.807) is 7.11 Å². The van der Waals surface area contributed by atoms with E-state index in [0.717, 1.165) is 25.3 Å². The molecule has 1 heterocycles. The number of methoxy groups -OCH3 is 1. The van der Waals surface area contributed by atoms with Crippen molar-refractivity contribution in [3.05, 3.63) is 29.8 Å². The third-order valence-corrected chi connectivity index (χ3v) is 3.58. The van der Waals surface area contributed by atoms with Gasteiger partial charge in [0.05, 0.1) is 13.2 Å². The van der Waals surface area contributed by atoms with E-state index in [-0.39, 0.29) is 6.04 Å². The van der Waals surface area contributed by atoms with Crippen LogP contribution in [0, 0.1) is 5.92 Å². The highest BCUT2D eigenvalue weighted by molar-refractivity contribution is 5.32. The van der Waals surface area contributed by atoms with E-state index in [4.69, 9.17) is 10.5 Å². The highest BCUT2D eigenvalue weighted by Gasteiger charge is 2.33. The lowest BCUT2D eigenvalue weighted by atomic mass is 10.00. The Kier molecular flexibility index (Phi) is 4.25. The molecule has 0 spiro atoms. The Morgan fingerprint density at radius 1 is 1.44 bits per heavy atom. The molecule has 100 valence electrons. The quantitative estimate of drug-likeness (QED) is 0.889. The summed E-state index contributed by atoms with van der Waals surface area (Å²) in [6.07, 6.45) is 1.08. The Hall–Kier alpha value is -1.06. The van der Waals surface area contributed by atoms with E-state index in [2.05, 4.69) is 30.9 Å². The van der Waals surface area contributed by atoms with E-state index >= 15 is 0 Å². The number of hydrogen-bond acceptors (Lipinski definition) is 3. The number of likely N-dealkylation sites (tertiary alicyclic amines) is 1. The highest BCUT2D eigenvalue weighted by atomic mass is 16.5. The van der Waals surface area contributed by atoms with Crippen LogP contribution in [-0.2, 0) is 0 Å². The van der Waals surface area contributed by atoms with Gasteiger partial charge in [-0.15, -0.1) is 0 Å². The van der Waals surface area contributed by atoms with Crippen LogP contribution in [-0.4, -0.2) is 31.1 Å². The molecule has 0 aliphatic carbocycles. The van der Waals surface area contributed by atoms with E-state index in [9.17, 15) is 0 Å². The van der Waals surface area contributed by atoms with Gasteiger partial charge in [0.15, 0.2) is 0 Å². The summed E-state index contributed by atoms with van der Waals surface area (Å²) in [6, 6.07) is 8.87. The van der Waals surface area contributed by atoms with Crippen molar-refractivity contribution in [1.82, 2.24) is 4.90 Å². The molecule has 1 saturated heterocycles. The summed E-state index contributed by atoms with van der Waals surface area (Å²) in [6.45, 7) is 6.72. The predicted octanol–water partition coefficient (Wildman–Crippen LogP) is 2.43. The number of nitrogens with zero attached hydrogens (tertiary/aromatic N) is 1. The Balaban J connectivity index is 2.21. The van der Waals surface area contributed by atoms with Gasteiger partial charge in [-0.25, -0.2) is 0 Å². The van der Waals surface area contributed by atoms with Gasteiger partial charge in [-0.05, 0) is 30.0 Å². The molecule has 1 aliphatic rings. The second-order valence-corrected chi connectivity index (χ2v) is 5.56. The predicted molar refractivity (Wildman–Crippen MR) is 74.7 cm³/mol. The first-order chi connectivity index (χ1) is 8.61. The molecule has 0 radical (unpaired) electrons. The van der Waals surface area contributed by atoms with Crippen LogP contribution in [0.15, 0.2) is 24.3 Å². The van der Waals surface area contributed by atoms with Gasteiger partial charge in [0.1, 0.15) is 5.75 Å². The molecular formula is C15H24N2O. The molecule has 1 aliphatic heterocycles. The molecule has 0 bridgehead atoms. The van der Waals surface area contributed by atoms with Crippen molar-refractivity contribution < 1.29 is 4.74 Å². The van der Waals surface area contributed by atoms with Crippen LogP contribution in [0.1, 0.15) is 31.9 Å². The molecule has 1 aromatic rings. The number of ether oxygens (including phenoxy) is 1.